The minimum atomic E-state index is 0.0758. The van der Waals surface area contributed by atoms with Crippen molar-refractivity contribution in [1.29, 1.82) is 0 Å². The number of morpholine rings is 1. The summed E-state index contributed by atoms with van der Waals surface area (Å²) in [5.41, 5.74) is 8.13. The molecule has 0 spiro atoms. The Hall–Kier alpha value is -3.79. The van der Waals surface area contributed by atoms with Gasteiger partial charge in [0.15, 0.2) is 11.5 Å². The van der Waals surface area contributed by atoms with E-state index in [4.69, 9.17) is 24.9 Å². The number of carbonyl (C=O) groups excluding carboxylic acids is 1. The summed E-state index contributed by atoms with van der Waals surface area (Å²) in [7, 11) is 1.61. The molecule has 0 saturated carbocycles. The highest BCUT2D eigenvalue weighted by Crippen LogP contribution is 2.35. The highest BCUT2D eigenvalue weighted by molar-refractivity contribution is 5.91. The summed E-state index contributed by atoms with van der Waals surface area (Å²) in [5.74, 6) is 2.11. The quantitative estimate of drug-likeness (QED) is 0.580. The van der Waals surface area contributed by atoms with Gasteiger partial charge >= 0.3 is 6.03 Å². The van der Waals surface area contributed by atoms with Gasteiger partial charge in [-0.1, -0.05) is 30.3 Å². The molecule has 2 N–H and O–H groups in total. The number of ether oxygens (including phenoxy) is 3. The van der Waals surface area contributed by atoms with E-state index in [0.717, 1.165) is 18.5 Å². The number of methoxy groups -OCH3 is 1. The van der Waals surface area contributed by atoms with Gasteiger partial charge in [-0.15, -0.1) is 0 Å². The molecule has 2 amide bonds. The number of aromatic nitrogens is 2. The van der Waals surface area contributed by atoms with Crippen LogP contribution in [-0.2, 0) is 11.3 Å². The van der Waals surface area contributed by atoms with Gasteiger partial charge in [-0.05, 0) is 18.1 Å². The van der Waals surface area contributed by atoms with E-state index in [-0.39, 0.29) is 6.03 Å². The van der Waals surface area contributed by atoms with Crippen LogP contribution in [0.1, 0.15) is 12.0 Å². The Morgan fingerprint density at radius 2 is 1.75 bits per heavy atom. The van der Waals surface area contributed by atoms with Crippen molar-refractivity contribution in [2.45, 2.75) is 13.0 Å². The molecule has 3 heterocycles. The van der Waals surface area contributed by atoms with Crippen LogP contribution in [0, 0.1) is 0 Å². The van der Waals surface area contributed by atoms with Gasteiger partial charge in [-0.3, -0.25) is 0 Å². The first-order valence-electron chi connectivity index (χ1n) is 12.3. The second kappa shape index (κ2) is 10.9. The number of nitrogens with zero attached hydrogens (tertiary/aromatic N) is 5. The Bertz CT molecular complexity index is 1200. The number of urea groups is 1. The molecule has 0 bridgehead atoms. The van der Waals surface area contributed by atoms with Crippen molar-refractivity contribution >= 4 is 28.7 Å². The number of rotatable bonds is 5. The van der Waals surface area contributed by atoms with Crippen molar-refractivity contribution in [1.82, 2.24) is 19.8 Å². The van der Waals surface area contributed by atoms with Crippen molar-refractivity contribution in [3.05, 3.63) is 48.0 Å². The second-order valence-corrected chi connectivity index (χ2v) is 8.91. The Balaban J connectivity index is 1.32. The van der Waals surface area contributed by atoms with Crippen LogP contribution in [0.3, 0.4) is 0 Å². The third-order valence-corrected chi connectivity index (χ3v) is 6.57. The normalized spacial score (nSPS) is 16.6. The minimum Gasteiger partial charge on any atom is -0.493 e. The van der Waals surface area contributed by atoms with Crippen LogP contribution in [0.5, 0.6) is 11.5 Å². The average molecular weight is 493 g/mol. The zero-order valence-electron chi connectivity index (χ0n) is 20.6. The van der Waals surface area contributed by atoms with Crippen LogP contribution in [0.15, 0.2) is 42.5 Å². The van der Waals surface area contributed by atoms with Gasteiger partial charge < -0.3 is 34.6 Å². The topological polar surface area (TPSA) is 106 Å². The number of nitrogen functional groups attached to an aromatic ring is 1. The molecule has 0 unspecified atom stereocenters. The average Bonchev–Trinajstić information content (AvgIpc) is 3.18. The third-order valence-electron chi connectivity index (χ3n) is 6.57. The number of amides is 2. The molecule has 2 aliphatic heterocycles. The predicted molar refractivity (Wildman–Crippen MR) is 137 cm³/mol. The lowest BCUT2D eigenvalue weighted by atomic mass is 10.2. The molecular formula is C26H32N6O4. The summed E-state index contributed by atoms with van der Waals surface area (Å²) in [6, 6.07) is 13.7. The molecule has 0 atom stereocenters. The highest BCUT2D eigenvalue weighted by Gasteiger charge is 2.26. The zero-order chi connectivity index (χ0) is 24.9. The fourth-order valence-corrected chi connectivity index (χ4v) is 4.56. The summed E-state index contributed by atoms with van der Waals surface area (Å²) in [4.78, 5) is 28.2. The number of hydrogen-bond donors (Lipinski definition) is 1. The molecule has 3 aromatic rings. The maximum absolute atomic E-state index is 12.9. The predicted octanol–water partition coefficient (Wildman–Crippen LogP) is 2.76. The van der Waals surface area contributed by atoms with Crippen molar-refractivity contribution in [2.24, 2.45) is 0 Å². The van der Waals surface area contributed by atoms with Crippen LogP contribution < -0.4 is 20.1 Å². The van der Waals surface area contributed by atoms with Crippen LogP contribution in [0.2, 0.25) is 0 Å². The highest BCUT2D eigenvalue weighted by atomic mass is 16.5. The van der Waals surface area contributed by atoms with Crippen molar-refractivity contribution in [3.63, 3.8) is 0 Å². The zero-order valence-corrected chi connectivity index (χ0v) is 20.6. The number of nitrogens with two attached hydrogens (primary N) is 1. The summed E-state index contributed by atoms with van der Waals surface area (Å²) in [5, 5.41) is 0.710. The van der Waals surface area contributed by atoms with Crippen LogP contribution in [0.25, 0.3) is 10.9 Å². The Morgan fingerprint density at radius 1 is 0.972 bits per heavy atom. The first-order valence-corrected chi connectivity index (χ1v) is 12.3. The van der Waals surface area contributed by atoms with Gasteiger partial charge in [0.1, 0.15) is 12.4 Å². The molecule has 0 aliphatic carbocycles. The Kier molecular flexibility index (Phi) is 7.22. The van der Waals surface area contributed by atoms with Crippen molar-refractivity contribution in [2.75, 3.05) is 70.2 Å². The van der Waals surface area contributed by atoms with E-state index in [9.17, 15) is 4.79 Å². The lowest BCUT2D eigenvalue weighted by Gasteiger charge is -2.32. The van der Waals surface area contributed by atoms with E-state index >= 15 is 0 Å². The van der Waals surface area contributed by atoms with E-state index in [1.807, 2.05) is 52.3 Å². The number of hydrogen-bond acceptors (Lipinski definition) is 8. The first-order chi connectivity index (χ1) is 17.6. The molecule has 10 nitrogen and oxygen atoms in total. The van der Waals surface area contributed by atoms with Crippen LogP contribution >= 0.6 is 0 Å². The summed E-state index contributed by atoms with van der Waals surface area (Å²) < 4.78 is 17.0. The van der Waals surface area contributed by atoms with Gasteiger partial charge in [-0.2, -0.15) is 4.98 Å². The molecule has 0 radical (unpaired) electrons. The number of benzene rings is 2. The van der Waals surface area contributed by atoms with Gasteiger partial charge in [-0.25, -0.2) is 9.78 Å². The van der Waals surface area contributed by atoms with E-state index in [0.29, 0.717) is 86.7 Å². The van der Waals surface area contributed by atoms with Gasteiger partial charge in [0, 0.05) is 50.7 Å². The SMILES string of the molecule is COc1cc2nc(N3CCCN(C(=O)N4CCOCC4)CC3)nc(N)c2cc1OCc1ccccc1. The lowest BCUT2D eigenvalue weighted by Crippen LogP contribution is -2.49. The maximum atomic E-state index is 12.9. The molecule has 190 valence electrons. The lowest BCUT2D eigenvalue weighted by molar-refractivity contribution is 0.0438. The van der Waals surface area contributed by atoms with E-state index in [1.165, 1.54) is 0 Å². The fourth-order valence-electron chi connectivity index (χ4n) is 4.56. The molecule has 2 aromatic carbocycles. The molecule has 2 fully saturated rings. The summed E-state index contributed by atoms with van der Waals surface area (Å²) in [6.45, 7) is 5.57. The van der Waals surface area contributed by atoms with Crippen LogP contribution in [-0.4, -0.2) is 85.4 Å². The van der Waals surface area contributed by atoms with Crippen LogP contribution in [0.4, 0.5) is 16.6 Å². The number of fused-ring (bicyclic) bond motifs is 1. The van der Waals surface area contributed by atoms with Crippen molar-refractivity contribution < 1.29 is 19.0 Å². The first kappa shape index (κ1) is 23.9. The minimum absolute atomic E-state index is 0.0758. The van der Waals surface area contributed by atoms with Gasteiger partial charge in [0.2, 0.25) is 5.95 Å². The molecule has 1 aromatic heterocycles. The van der Waals surface area contributed by atoms with Gasteiger partial charge in [0.05, 0.1) is 25.8 Å². The third kappa shape index (κ3) is 5.23. The van der Waals surface area contributed by atoms with E-state index in [1.54, 1.807) is 7.11 Å². The largest absolute Gasteiger partial charge is 0.493 e. The molecule has 5 rings (SSSR count). The molecule has 2 aliphatic rings. The van der Waals surface area contributed by atoms with Gasteiger partial charge in [0.25, 0.3) is 0 Å². The molecule has 2 saturated heterocycles. The summed E-state index contributed by atoms with van der Waals surface area (Å²) in [6.07, 6.45) is 0.826. The second-order valence-electron chi connectivity index (χ2n) is 8.91. The fraction of sp³-hybridized carbons (Fsp3) is 0.423. The van der Waals surface area contributed by atoms with Crippen molar-refractivity contribution in [3.8, 4) is 11.5 Å². The maximum Gasteiger partial charge on any atom is 0.320 e. The smallest absolute Gasteiger partial charge is 0.320 e. The number of anilines is 2. The Morgan fingerprint density at radius 3 is 2.53 bits per heavy atom. The summed E-state index contributed by atoms with van der Waals surface area (Å²) >= 11 is 0. The molecule has 36 heavy (non-hydrogen) atoms. The monoisotopic (exact) mass is 492 g/mol. The number of carbonyl (C=O) groups is 1. The molecular weight excluding hydrogens is 460 g/mol. The van der Waals surface area contributed by atoms with E-state index < -0.39 is 0 Å². The molecule has 10 heteroatoms. The Labute approximate surface area is 210 Å². The standard InChI is InChI=1S/C26H32N6O4/c1-34-22-17-21-20(16-23(22)36-18-19-6-3-2-4-7-19)24(27)29-25(28-21)30-8-5-9-31(11-10-30)26(33)32-12-14-35-15-13-32/h2-4,6-7,16-17H,5,8-15,18H2,1H3,(H2,27,28,29). The van der Waals surface area contributed by atoms with E-state index in [2.05, 4.69) is 9.88 Å².